The molecule has 0 radical (unpaired) electrons. The first-order chi connectivity index (χ1) is 13.6. The largest absolute Gasteiger partial charge is 0.467 e. The van der Waals surface area contributed by atoms with E-state index >= 15 is 0 Å². The Morgan fingerprint density at radius 2 is 2.18 bits per heavy atom. The minimum absolute atomic E-state index is 0.0898. The van der Waals surface area contributed by atoms with Crippen LogP contribution in [0.25, 0.3) is 10.2 Å². The maximum atomic E-state index is 13.1. The van der Waals surface area contributed by atoms with Crippen molar-refractivity contribution in [1.29, 1.82) is 0 Å². The van der Waals surface area contributed by atoms with E-state index in [1.165, 1.54) is 23.9 Å². The van der Waals surface area contributed by atoms with Gasteiger partial charge in [0.1, 0.15) is 34.7 Å². The molecule has 0 aromatic carbocycles. The van der Waals surface area contributed by atoms with E-state index in [2.05, 4.69) is 20.4 Å². The maximum Gasteiger partial charge on any atom is 0.264 e. The number of carbonyl (C=O) groups is 1. The lowest BCUT2D eigenvalue weighted by Crippen LogP contribution is -2.29. The van der Waals surface area contributed by atoms with Gasteiger partial charge in [-0.3, -0.25) is 4.79 Å². The molecule has 1 N–H and O–H groups in total. The number of amides is 1. The first-order valence-electron chi connectivity index (χ1n) is 8.74. The van der Waals surface area contributed by atoms with Crippen LogP contribution in [0.4, 0.5) is 5.82 Å². The van der Waals surface area contributed by atoms with Gasteiger partial charge in [0, 0.05) is 13.1 Å². The van der Waals surface area contributed by atoms with Crippen molar-refractivity contribution in [2.24, 2.45) is 0 Å². The molecule has 0 spiro atoms. The molecule has 1 atom stereocenters. The van der Waals surface area contributed by atoms with Gasteiger partial charge in [0.15, 0.2) is 0 Å². The molecule has 0 fully saturated rings. The van der Waals surface area contributed by atoms with Gasteiger partial charge in [0.2, 0.25) is 0 Å². The lowest BCUT2D eigenvalue weighted by molar-refractivity contribution is 0.0742. The average molecular weight is 397 g/mol. The van der Waals surface area contributed by atoms with Crippen molar-refractivity contribution in [1.82, 2.24) is 20.0 Å². The van der Waals surface area contributed by atoms with Gasteiger partial charge in [-0.25, -0.2) is 9.97 Å². The number of rotatable bonds is 6. The van der Waals surface area contributed by atoms with Crippen LogP contribution in [0, 0.1) is 6.92 Å². The second kappa shape index (κ2) is 7.43. The Morgan fingerprint density at radius 1 is 1.32 bits per heavy atom. The van der Waals surface area contributed by atoms with Gasteiger partial charge < -0.3 is 19.2 Å². The quantitative estimate of drug-likeness (QED) is 0.525. The standard InChI is InChI=1S/C19H19N5O3S/c1-11-15-17(20-9-13-5-4-7-26-13)21-10-22-18(15)28-16(11)19(25)24(3)12(2)14-6-8-27-23-14/h4-8,10,12H,9H2,1-3H3,(H,20,21,22). The molecule has 1 amide bonds. The second-order valence-electron chi connectivity index (χ2n) is 6.41. The van der Waals surface area contributed by atoms with Crippen molar-refractivity contribution >= 4 is 33.3 Å². The summed E-state index contributed by atoms with van der Waals surface area (Å²) in [5.74, 6) is 1.39. The third-order valence-corrected chi connectivity index (χ3v) is 5.91. The first kappa shape index (κ1) is 18.2. The molecular weight excluding hydrogens is 378 g/mol. The van der Waals surface area contributed by atoms with E-state index in [9.17, 15) is 4.79 Å². The topological polar surface area (TPSA) is 97.3 Å². The molecule has 4 heterocycles. The summed E-state index contributed by atoms with van der Waals surface area (Å²) in [7, 11) is 1.76. The molecule has 4 aromatic heterocycles. The van der Waals surface area contributed by atoms with E-state index in [0.717, 1.165) is 21.5 Å². The highest BCUT2D eigenvalue weighted by Gasteiger charge is 2.26. The number of furan rings is 1. The third-order valence-electron chi connectivity index (χ3n) is 4.72. The van der Waals surface area contributed by atoms with Crippen molar-refractivity contribution in [2.75, 3.05) is 12.4 Å². The number of fused-ring (bicyclic) bond motifs is 1. The minimum Gasteiger partial charge on any atom is -0.467 e. The highest BCUT2D eigenvalue weighted by molar-refractivity contribution is 7.20. The van der Waals surface area contributed by atoms with Gasteiger partial charge in [-0.05, 0) is 31.5 Å². The molecular formula is C19H19N5O3S. The number of carbonyl (C=O) groups excluding carboxylic acids is 1. The molecule has 8 nitrogen and oxygen atoms in total. The summed E-state index contributed by atoms with van der Waals surface area (Å²) in [6.45, 7) is 4.33. The molecule has 1 unspecified atom stereocenters. The molecule has 4 rings (SSSR count). The van der Waals surface area contributed by atoms with Crippen molar-refractivity contribution in [3.63, 3.8) is 0 Å². The fourth-order valence-electron chi connectivity index (χ4n) is 2.97. The van der Waals surface area contributed by atoms with E-state index in [0.29, 0.717) is 22.9 Å². The number of nitrogens with one attached hydrogen (secondary N) is 1. The SMILES string of the molecule is Cc1c(C(=O)N(C)C(C)c2ccon2)sc2ncnc(NCc3ccco3)c12. The van der Waals surface area contributed by atoms with E-state index in [1.54, 1.807) is 24.3 Å². The number of hydrogen-bond acceptors (Lipinski definition) is 8. The Kier molecular flexibility index (Phi) is 4.82. The van der Waals surface area contributed by atoms with Crippen LogP contribution >= 0.6 is 11.3 Å². The van der Waals surface area contributed by atoms with E-state index in [-0.39, 0.29) is 11.9 Å². The van der Waals surface area contributed by atoms with E-state index in [4.69, 9.17) is 8.94 Å². The summed E-state index contributed by atoms with van der Waals surface area (Å²) in [6.07, 6.45) is 4.63. The molecule has 0 bridgehead atoms. The predicted octanol–water partition coefficient (Wildman–Crippen LogP) is 4.03. The van der Waals surface area contributed by atoms with Gasteiger partial charge in [-0.2, -0.15) is 0 Å². The Morgan fingerprint density at radius 3 is 2.89 bits per heavy atom. The number of hydrogen-bond donors (Lipinski definition) is 1. The monoisotopic (exact) mass is 397 g/mol. The van der Waals surface area contributed by atoms with Gasteiger partial charge in [0.25, 0.3) is 5.91 Å². The molecule has 28 heavy (non-hydrogen) atoms. The number of aryl methyl sites for hydroxylation is 1. The van der Waals surface area contributed by atoms with Crippen LogP contribution in [0.5, 0.6) is 0 Å². The second-order valence-corrected chi connectivity index (χ2v) is 7.41. The zero-order valence-corrected chi connectivity index (χ0v) is 16.5. The number of nitrogens with zero attached hydrogens (tertiary/aromatic N) is 4. The van der Waals surface area contributed by atoms with Gasteiger partial charge >= 0.3 is 0 Å². The smallest absolute Gasteiger partial charge is 0.264 e. The minimum atomic E-state index is -0.210. The predicted molar refractivity (Wildman–Crippen MR) is 105 cm³/mol. The Bertz CT molecular complexity index is 1090. The van der Waals surface area contributed by atoms with Crippen LogP contribution in [0.2, 0.25) is 0 Å². The normalized spacial score (nSPS) is 12.2. The highest BCUT2D eigenvalue weighted by Crippen LogP contribution is 2.35. The molecule has 0 aliphatic rings. The molecule has 4 aromatic rings. The Labute approximate surface area is 165 Å². The van der Waals surface area contributed by atoms with Crippen LogP contribution < -0.4 is 5.32 Å². The summed E-state index contributed by atoms with van der Waals surface area (Å²) in [4.78, 5) is 24.9. The van der Waals surface area contributed by atoms with Crippen LogP contribution in [-0.2, 0) is 6.54 Å². The highest BCUT2D eigenvalue weighted by atomic mass is 32.1. The van der Waals surface area contributed by atoms with Crippen molar-refractivity contribution in [2.45, 2.75) is 26.4 Å². The van der Waals surface area contributed by atoms with Gasteiger partial charge in [-0.1, -0.05) is 5.16 Å². The van der Waals surface area contributed by atoms with Crippen LogP contribution in [-0.4, -0.2) is 33.0 Å². The van der Waals surface area contributed by atoms with Crippen LogP contribution in [0.3, 0.4) is 0 Å². The van der Waals surface area contributed by atoms with Gasteiger partial charge in [-0.15, -0.1) is 11.3 Å². The van der Waals surface area contributed by atoms with E-state index in [1.807, 2.05) is 26.0 Å². The lowest BCUT2D eigenvalue weighted by atomic mass is 10.1. The molecule has 9 heteroatoms. The molecule has 0 saturated heterocycles. The van der Waals surface area contributed by atoms with Gasteiger partial charge in [0.05, 0.1) is 29.1 Å². The van der Waals surface area contributed by atoms with Crippen molar-refractivity contribution in [3.05, 3.63) is 58.9 Å². The summed E-state index contributed by atoms with van der Waals surface area (Å²) >= 11 is 1.36. The summed E-state index contributed by atoms with van der Waals surface area (Å²) in [5, 5.41) is 8.06. The average Bonchev–Trinajstić information content (AvgIpc) is 3.46. The zero-order chi connectivity index (χ0) is 19.7. The van der Waals surface area contributed by atoms with Crippen LogP contribution in [0.15, 0.2) is 46.0 Å². The fourth-order valence-corrected chi connectivity index (χ4v) is 4.10. The molecule has 0 aliphatic carbocycles. The third kappa shape index (κ3) is 3.24. The molecule has 144 valence electrons. The zero-order valence-electron chi connectivity index (χ0n) is 15.7. The first-order valence-corrected chi connectivity index (χ1v) is 9.55. The molecule has 0 saturated carbocycles. The van der Waals surface area contributed by atoms with Crippen LogP contribution in [0.1, 0.15) is 39.7 Å². The maximum absolute atomic E-state index is 13.1. The Balaban J connectivity index is 1.63. The fraction of sp³-hybridized carbons (Fsp3) is 0.263. The van der Waals surface area contributed by atoms with E-state index < -0.39 is 0 Å². The van der Waals surface area contributed by atoms with Crippen molar-refractivity contribution in [3.8, 4) is 0 Å². The number of anilines is 1. The summed E-state index contributed by atoms with van der Waals surface area (Å²) in [6, 6.07) is 5.28. The number of aromatic nitrogens is 3. The Hall–Kier alpha value is -3.20. The lowest BCUT2D eigenvalue weighted by Gasteiger charge is -2.22. The number of thiophene rings is 1. The summed E-state index contributed by atoms with van der Waals surface area (Å²) < 4.78 is 10.3. The summed E-state index contributed by atoms with van der Waals surface area (Å²) in [5.41, 5.74) is 1.56. The molecule has 0 aliphatic heterocycles. The van der Waals surface area contributed by atoms with Crippen molar-refractivity contribution < 1.29 is 13.7 Å².